The molecule has 7 heteroatoms. The summed E-state index contributed by atoms with van der Waals surface area (Å²) in [5.74, 6) is -0.986. The third-order valence-electron chi connectivity index (χ3n) is 3.80. The maximum absolute atomic E-state index is 12.0. The summed E-state index contributed by atoms with van der Waals surface area (Å²) in [5, 5.41) is 5.09. The molecule has 0 aliphatic heterocycles. The summed E-state index contributed by atoms with van der Waals surface area (Å²) >= 11 is 0. The average molecular weight is 369 g/mol. The number of carbonyl (C=O) groups is 3. The number of alkyl carbamates (subject to hydrolysis) is 1. The molecular formula is C20H23N3O4. The van der Waals surface area contributed by atoms with Crippen molar-refractivity contribution in [3.8, 4) is 0 Å². The zero-order chi connectivity index (χ0) is 19.5. The number of primary amides is 1. The number of benzene rings is 2. The van der Waals surface area contributed by atoms with Gasteiger partial charge in [-0.25, -0.2) is 4.79 Å². The van der Waals surface area contributed by atoms with Crippen LogP contribution in [-0.4, -0.2) is 30.5 Å². The fourth-order valence-electron chi connectivity index (χ4n) is 2.39. The van der Waals surface area contributed by atoms with Crippen molar-refractivity contribution < 1.29 is 19.1 Å². The van der Waals surface area contributed by atoms with Crippen molar-refractivity contribution >= 4 is 17.9 Å². The summed E-state index contributed by atoms with van der Waals surface area (Å²) in [5.41, 5.74) is 7.12. The number of nitrogens with two attached hydrogens (primary N) is 1. The molecule has 7 nitrogen and oxygen atoms in total. The normalized spacial score (nSPS) is 11.3. The molecule has 2 rings (SSSR count). The standard InChI is InChI=1S/C20H23N3O4/c21-19(25)17(13-15-7-3-1-4-8-15)23-18(24)11-12-22-20(26)27-14-16-9-5-2-6-10-16/h1-10,17H,11-14H2,(H2,21,25)(H,22,26)(H,23,24)/t17-/m1/s1. The van der Waals surface area contributed by atoms with Gasteiger partial charge in [-0.05, 0) is 11.1 Å². The third kappa shape index (κ3) is 7.60. The highest BCUT2D eigenvalue weighted by atomic mass is 16.5. The van der Waals surface area contributed by atoms with Crippen molar-refractivity contribution in [2.75, 3.05) is 6.54 Å². The van der Waals surface area contributed by atoms with E-state index < -0.39 is 18.0 Å². The average Bonchev–Trinajstić information content (AvgIpc) is 2.67. The second-order valence-electron chi connectivity index (χ2n) is 5.95. The lowest BCUT2D eigenvalue weighted by molar-refractivity contribution is -0.127. The summed E-state index contributed by atoms with van der Waals surface area (Å²) in [7, 11) is 0. The van der Waals surface area contributed by atoms with Crippen molar-refractivity contribution in [2.24, 2.45) is 5.73 Å². The monoisotopic (exact) mass is 369 g/mol. The van der Waals surface area contributed by atoms with Gasteiger partial charge in [0.15, 0.2) is 0 Å². The molecule has 0 unspecified atom stereocenters. The van der Waals surface area contributed by atoms with Crippen molar-refractivity contribution in [1.29, 1.82) is 0 Å². The molecule has 0 aromatic heterocycles. The van der Waals surface area contributed by atoms with Crippen molar-refractivity contribution in [3.63, 3.8) is 0 Å². The van der Waals surface area contributed by atoms with E-state index in [1.54, 1.807) is 0 Å². The summed E-state index contributed by atoms with van der Waals surface area (Å²) < 4.78 is 5.05. The van der Waals surface area contributed by atoms with E-state index in [4.69, 9.17) is 10.5 Å². The Balaban J connectivity index is 1.69. The van der Waals surface area contributed by atoms with Crippen LogP contribution in [0.1, 0.15) is 17.5 Å². The van der Waals surface area contributed by atoms with Crippen LogP contribution in [0.2, 0.25) is 0 Å². The first-order valence-electron chi connectivity index (χ1n) is 8.62. The fourth-order valence-corrected chi connectivity index (χ4v) is 2.39. The maximum Gasteiger partial charge on any atom is 0.407 e. The van der Waals surface area contributed by atoms with E-state index in [0.717, 1.165) is 11.1 Å². The van der Waals surface area contributed by atoms with E-state index in [2.05, 4.69) is 10.6 Å². The van der Waals surface area contributed by atoms with E-state index in [-0.39, 0.29) is 25.5 Å². The highest BCUT2D eigenvalue weighted by molar-refractivity contribution is 5.87. The highest BCUT2D eigenvalue weighted by Crippen LogP contribution is 2.03. The van der Waals surface area contributed by atoms with Gasteiger partial charge in [0.2, 0.25) is 11.8 Å². The fraction of sp³-hybridized carbons (Fsp3) is 0.250. The van der Waals surface area contributed by atoms with Gasteiger partial charge in [-0.2, -0.15) is 0 Å². The predicted molar refractivity (Wildman–Crippen MR) is 101 cm³/mol. The zero-order valence-corrected chi connectivity index (χ0v) is 14.9. The van der Waals surface area contributed by atoms with Crippen LogP contribution >= 0.6 is 0 Å². The lowest BCUT2D eigenvalue weighted by Crippen LogP contribution is -2.46. The predicted octanol–water partition coefficient (Wildman–Crippen LogP) is 1.52. The number of rotatable bonds is 9. The van der Waals surface area contributed by atoms with Crippen LogP contribution < -0.4 is 16.4 Å². The molecule has 0 aliphatic rings. The van der Waals surface area contributed by atoms with Crippen LogP contribution in [0.15, 0.2) is 60.7 Å². The van der Waals surface area contributed by atoms with E-state index in [0.29, 0.717) is 6.42 Å². The quantitative estimate of drug-likeness (QED) is 0.622. The number of hydrogen-bond acceptors (Lipinski definition) is 4. The molecule has 27 heavy (non-hydrogen) atoms. The van der Waals surface area contributed by atoms with Crippen molar-refractivity contribution in [1.82, 2.24) is 10.6 Å². The van der Waals surface area contributed by atoms with Crippen LogP contribution in [0.3, 0.4) is 0 Å². The minimum atomic E-state index is -0.801. The van der Waals surface area contributed by atoms with Gasteiger partial charge in [-0.1, -0.05) is 60.7 Å². The molecule has 0 aliphatic carbocycles. The highest BCUT2D eigenvalue weighted by Gasteiger charge is 2.18. The van der Waals surface area contributed by atoms with Crippen LogP contribution in [0.25, 0.3) is 0 Å². The molecule has 2 aromatic rings. The number of carbonyl (C=O) groups excluding carboxylic acids is 3. The minimum Gasteiger partial charge on any atom is -0.445 e. The van der Waals surface area contributed by atoms with Gasteiger partial charge in [-0.15, -0.1) is 0 Å². The molecule has 1 atom stereocenters. The molecule has 0 spiro atoms. The van der Waals surface area contributed by atoms with Crippen molar-refractivity contribution in [3.05, 3.63) is 71.8 Å². The molecule has 0 fully saturated rings. The molecule has 2 aromatic carbocycles. The van der Waals surface area contributed by atoms with Gasteiger partial charge < -0.3 is 21.1 Å². The lowest BCUT2D eigenvalue weighted by Gasteiger charge is -2.15. The molecule has 0 bridgehead atoms. The molecule has 4 N–H and O–H groups in total. The van der Waals surface area contributed by atoms with Gasteiger partial charge >= 0.3 is 6.09 Å². The van der Waals surface area contributed by atoms with E-state index in [9.17, 15) is 14.4 Å². The summed E-state index contributed by atoms with van der Waals surface area (Å²) in [6.07, 6.45) is -0.282. The SMILES string of the molecule is NC(=O)[C@@H](Cc1ccccc1)NC(=O)CCNC(=O)OCc1ccccc1. The Bertz CT molecular complexity index is 750. The van der Waals surface area contributed by atoms with Crippen LogP contribution in [0.4, 0.5) is 4.79 Å². The largest absolute Gasteiger partial charge is 0.445 e. The second kappa shape index (κ2) is 10.6. The first kappa shape index (κ1) is 20.0. The summed E-state index contributed by atoms with van der Waals surface area (Å²) in [6.45, 7) is 0.246. The first-order valence-corrected chi connectivity index (χ1v) is 8.62. The van der Waals surface area contributed by atoms with Crippen LogP contribution in [-0.2, 0) is 27.4 Å². The Kier molecular flexibility index (Phi) is 7.84. The number of hydrogen-bond donors (Lipinski definition) is 3. The first-order chi connectivity index (χ1) is 13.0. The van der Waals surface area contributed by atoms with Gasteiger partial charge in [0.1, 0.15) is 12.6 Å². The minimum absolute atomic E-state index is 0.0129. The van der Waals surface area contributed by atoms with E-state index in [1.807, 2.05) is 60.7 Å². The third-order valence-corrected chi connectivity index (χ3v) is 3.80. The molecule has 3 amide bonds. The number of ether oxygens (including phenoxy) is 1. The smallest absolute Gasteiger partial charge is 0.407 e. The summed E-state index contributed by atoms with van der Waals surface area (Å²) in [6, 6.07) is 17.7. The molecule has 0 radical (unpaired) electrons. The second-order valence-corrected chi connectivity index (χ2v) is 5.95. The Morgan fingerprint density at radius 2 is 1.52 bits per heavy atom. The van der Waals surface area contributed by atoms with Gasteiger partial charge in [0, 0.05) is 19.4 Å². The van der Waals surface area contributed by atoms with Crippen LogP contribution in [0.5, 0.6) is 0 Å². The zero-order valence-electron chi connectivity index (χ0n) is 14.9. The molecule has 142 valence electrons. The Labute approximate surface area is 157 Å². The Morgan fingerprint density at radius 3 is 2.11 bits per heavy atom. The Morgan fingerprint density at radius 1 is 0.926 bits per heavy atom. The molecule has 0 saturated heterocycles. The topological polar surface area (TPSA) is 111 Å². The number of nitrogens with one attached hydrogen (secondary N) is 2. The van der Waals surface area contributed by atoms with Crippen LogP contribution in [0, 0.1) is 0 Å². The van der Waals surface area contributed by atoms with E-state index in [1.165, 1.54) is 0 Å². The van der Waals surface area contributed by atoms with Gasteiger partial charge in [0.05, 0.1) is 0 Å². The summed E-state index contributed by atoms with van der Waals surface area (Å²) in [4.78, 5) is 35.2. The van der Waals surface area contributed by atoms with Crippen molar-refractivity contribution in [2.45, 2.75) is 25.5 Å². The molecule has 0 saturated carbocycles. The van der Waals surface area contributed by atoms with E-state index >= 15 is 0 Å². The Hall–Kier alpha value is -3.35. The number of amides is 3. The molecule has 0 heterocycles. The lowest BCUT2D eigenvalue weighted by atomic mass is 10.1. The maximum atomic E-state index is 12.0. The van der Waals surface area contributed by atoms with Gasteiger partial charge in [0.25, 0.3) is 0 Å². The van der Waals surface area contributed by atoms with Gasteiger partial charge in [-0.3, -0.25) is 9.59 Å². The molecular weight excluding hydrogens is 346 g/mol.